The number of rotatable bonds is 5. The van der Waals surface area contributed by atoms with Crippen molar-refractivity contribution in [1.29, 1.82) is 0 Å². The number of anilines is 1. The first kappa shape index (κ1) is 17.2. The van der Waals surface area contributed by atoms with E-state index in [2.05, 4.69) is 10.1 Å². The molecule has 1 fully saturated rings. The lowest BCUT2D eigenvalue weighted by molar-refractivity contribution is 0.288. The van der Waals surface area contributed by atoms with Gasteiger partial charge in [0.25, 0.3) is 0 Å². The Morgan fingerprint density at radius 3 is 2.58 bits per heavy atom. The normalized spacial score (nSPS) is 13.8. The van der Waals surface area contributed by atoms with E-state index in [0.717, 1.165) is 29.9 Å². The van der Waals surface area contributed by atoms with Crippen LogP contribution in [0.15, 0.2) is 34.9 Å². The molecular weight excluding hydrogens is 373 g/mol. The minimum atomic E-state index is 0.266. The molecule has 1 aliphatic rings. The fraction of sp³-hybridized carbons (Fsp3) is 0.263. The molecule has 26 heavy (non-hydrogen) atoms. The first-order valence-corrected chi connectivity index (χ1v) is 9.09. The highest BCUT2D eigenvalue weighted by Gasteiger charge is 2.33. The summed E-state index contributed by atoms with van der Waals surface area (Å²) in [6.07, 6.45) is 2.16. The Morgan fingerprint density at radius 2 is 1.92 bits per heavy atom. The number of nitrogen functional groups attached to an aromatic ring is 1. The molecule has 0 amide bonds. The van der Waals surface area contributed by atoms with Crippen LogP contribution < -0.4 is 10.5 Å². The summed E-state index contributed by atoms with van der Waals surface area (Å²) < 4.78 is 11.5. The van der Waals surface area contributed by atoms with Crippen LogP contribution in [0, 0.1) is 6.92 Å². The van der Waals surface area contributed by atoms with Crippen molar-refractivity contribution in [3.05, 3.63) is 57.4 Å². The van der Waals surface area contributed by atoms with E-state index in [4.69, 9.17) is 38.2 Å². The third-order valence-electron chi connectivity index (χ3n) is 4.43. The van der Waals surface area contributed by atoms with Gasteiger partial charge in [0.15, 0.2) is 0 Å². The molecule has 0 radical (unpaired) electrons. The fourth-order valence-corrected chi connectivity index (χ4v) is 3.40. The Labute approximate surface area is 161 Å². The molecule has 0 atom stereocenters. The van der Waals surface area contributed by atoms with Gasteiger partial charge in [0.1, 0.15) is 18.1 Å². The number of ether oxygens (including phenoxy) is 1. The largest absolute Gasteiger partial charge is 0.473 e. The minimum Gasteiger partial charge on any atom is -0.473 e. The first-order chi connectivity index (χ1) is 12.5. The fourth-order valence-electron chi connectivity index (χ4n) is 2.82. The standard InChI is InChI=1S/C19H17Cl2N3O2/c1-10-15(22)7-8-16(23-10)25-9-12-18(24-26-19(12)11-5-6-11)17-13(20)3-2-4-14(17)21/h2-4,7-8,11H,5-6,9,22H2,1H3. The summed E-state index contributed by atoms with van der Waals surface area (Å²) in [4.78, 5) is 4.35. The van der Waals surface area contributed by atoms with E-state index in [1.54, 1.807) is 30.3 Å². The molecule has 0 unspecified atom stereocenters. The number of halogens is 2. The molecular formula is C19H17Cl2N3O2. The van der Waals surface area contributed by atoms with Crippen LogP contribution in [-0.2, 0) is 6.61 Å². The van der Waals surface area contributed by atoms with Gasteiger partial charge in [-0.1, -0.05) is 34.4 Å². The van der Waals surface area contributed by atoms with Crippen molar-refractivity contribution in [3.8, 4) is 17.1 Å². The highest BCUT2D eigenvalue weighted by molar-refractivity contribution is 6.39. The predicted octanol–water partition coefficient (Wildman–Crippen LogP) is 5.39. The highest BCUT2D eigenvalue weighted by Crippen LogP contribution is 2.46. The molecule has 2 heterocycles. The van der Waals surface area contributed by atoms with E-state index in [1.807, 2.05) is 6.92 Å². The maximum absolute atomic E-state index is 6.36. The van der Waals surface area contributed by atoms with Crippen LogP contribution in [0.4, 0.5) is 5.69 Å². The molecule has 7 heteroatoms. The van der Waals surface area contributed by atoms with Crippen LogP contribution in [-0.4, -0.2) is 10.1 Å². The van der Waals surface area contributed by atoms with E-state index in [-0.39, 0.29) is 6.61 Å². The number of aryl methyl sites for hydroxylation is 1. The number of hydrogen-bond acceptors (Lipinski definition) is 5. The summed E-state index contributed by atoms with van der Waals surface area (Å²) in [5, 5.41) is 5.30. The molecule has 134 valence electrons. The van der Waals surface area contributed by atoms with Crippen LogP contribution in [0.25, 0.3) is 11.3 Å². The topological polar surface area (TPSA) is 74.2 Å². The number of nitrogens with zero attached hydrogens (tertiary/aromatic N) is 2. The van der Waals surface area contributed by atoms with Crippen molar-refractivity contribution in [2.24, 2.45) is 0 Å². The molecule has 1 saturated carbocycles. The molecule has 0 bridgehead atoms. The third-order valence-corrected chi connectivity index (χ3v) is 5.06. The van der Waals surface area contributed by atoms with Crippen LogP contribution in [0.2, 0.25) is 10.0 Å². The monoisotopic (exact) mass is 389 g/mol. The smallest absolute Gasteiger partial charge is 0.213 e. The average Bonchev–Trinajstić information content (AvgIpc) is 3.37. The van der Waals surface area contributed by atoms with Gasteiger partial charge in [0.05, 0.1) is 27.0 Å². The number of aromatic nitrogens is 2. The van der Waals surface area contributed by atoms with Crippen molar-refractivity contribution in [1.82, 2.24) is 10.1 Å². The molecule has 4 rings (SSSR count). The van der Waals surface area contributed by atoms with Crippen molar-refractivity contribution in [3.63, 3.8) is 0 Å². The number of pyridine rings is 1. The Balaban J connectivity index is 1.70. The summed E-state index contributed by atoms with van der Waals surface area (Å²) in [6, 6.07) is 8.88. The van der Waals surface area contributed by atoms with E-state index in [0.29, 0.717) is 38.8 Å². The second kappa shape index (κ2) is 6.82. The van der Waals surface area contributed by atoms with E-state index >= 15 is 0 Å². The quantitative estimate of drug-likeness (QED) is 0.632. The van der Waals surface area contributed by atoms with Gasteiger partial charge in [-0.05, 0) is 38.0 Å². The van der Waals surface area contributed by atoms with Crippen molar-refractivity contribution >= 4 is 28.9 Å². The van der Waals surface area contributed by atoms with Crippen LogP contribution in [0.5, 0.6) is 5.88 Å². The third kappa shape index (κ3) is 3.24. The zero-order valence-electron chi connectivity index (χ0n) is 14.1. The predicted molar refractivity (Wildman–Crippen MR) is 102 cm³/mol. The van der Waals surface area contributed by atoms with Crippen LogP contribution >= 0.6 is 23.2 Å². The average molecular weight is 390 g/mol. The SMILES string of the molecule is Cc1nc(OCc2c(-c3c(Cl)cccc3Cl)noc2C2CC2)ccc1N. The second-order valence-electron chi connectivity index (χ2n) is 6.36. The Kier molecular flexibility index (Phi) is 4.51. The molecule has 0 aliphatic heterocycles. The maximum atomic E-state index is 6.36. The molecule has 2 aromatic heterocycles. The Morgan fingerprint density at radius 1 is 1.19 bits per heavy atom. The van der Waals surface area contributed by atoms with Gasteiger partial charge in [0, 0.05) is 17.5 Å². The zero-order valence-corrected chi connectivity index (χ0v) is 15.6. The van der Waals surface area contributed by atoms with Gasteiger partial charge in [0.2, 0.25) is 5.88 Å². The summed E-state index contributed by atoms with van der Waals surface area (Å²) in [5.74, 6) is 1.70. The van der Waals surface area contributed by atoms with Gasteiger partial charge in [-0.25, -0.2) is 4.98 Å². The Bertz CT molecular complexity index is 947. The van der Waals surface area contributed by atoms with E-state index in [9.17, 15) is 0 Å². The summed E-state index contributed by atoms with van der Waals surface area (Å²) >= 11 is 12.7. The molecule has 5 nitrogen and oxygen atoms in total. The highest BCUT2D eigenvalue weighted by atomic mass is 35.5. The van der Waals surface area contributed by atoms with Crippen molar-refractivity contribution in [2.45, 2.75) is 32.3 Å². The Hall–Kier alpha value is -2.24. The summed E-state index contributed by atoms with van der Waals surface area (Å²) in [7, 11) is 0. The molecule has 0 saturated heterocycles. The summed E-state index contributed by atoms with van der Waals surface area (Å²) in [5.41, 5.74) is 9.31. The minimum absolute atomic E-state index is 0.266. The lowest BCUT2D eigenvalue weighted by Crippen LogP contribution is -2.02. The number of benzene rings is 1. The lowest BCUT2D eigenvalue weighted by atomic mass is 10.0. The van der Waals surface area contributed by atoms with Gasteiger partial charge in [-0.3, -0.25) is 0 Å². The molecule has 1 aromatic carbocycles. The van der Waals surface area contributed by atoms with Gasteiger partial charge >= 0.3 is 0 Å². The molecule has 2 N–H and O–H groups in total. The van der Waals surface area contributed by atoms with Gasteiger partial charge in [-0.2, -0.15) is 0 Å². The number of nitrogens with two attached hydrogens (primary N) is 1. The first-order valence-electron chi connectivity index (χ1n) is 8.33. The van der Waals surface area contributed by atoms with Crippen LogP contribution in [0.1, 0.15) is 35.8 Å². The number of hydrogen-bond donors (Lipinski definition) is 1. The molecule has 3 aromatic rings. The van der Waals surface area contributed by atoms with Gasteiger partial charge < -0.3 is 15.0 Å². The van der Waals surface area contributed by atoms with Crippen LogP contribution in [0.3, 0.4) is 0 Å². The van der Waals surface area contributed by atoms with E-state index in [1.165, 1.54) is 0 Å². The zero-order chi connectivity index (χ0) is 18.3. The maximum Gasteiger partial charge on any atom is 0.213 e. The molecule has 1 aliphatic carbocycles. The summed E-state index contributed by atoms with van der Waals surface area (Å²) in [6.45, 7) is 2.11. The van der Waals surface area contributed by atoms with Gasteiger partial charge in [-0.15, -0.1) is 0 Å². The van der Waals surface area contributed by atoms with Crippen molar-refractivity contribution in [2.75, 3.05) is 5.73 Å². The van der Waals surface area contributed by atoms with E-state index < -0.39 is 0 Å². The second-order valence-corrected chi connectivity index (χ2v) is 7.17. The lowest BCUT2D eigenvalue weighted by Gasteiger charge is -2.10. The van der Waals surface area contributed by atoms with Crippen molar-refractivity contribution < 1.29 is 9.26 Å². The molecule has 0 spiro atoms.